The van der Waals surface area contributed by atoms with E-state index in [1.165, 1.54) is 16.4 Å². The number of amides is 1. The standard InChI is InChI=1S/C17H22N4O3S/c1-13-12-16(20(2)19-13)18-17(22)14-8-4-5-9-15(14)25(23,24)21-10-6-3-7-11-21/h4-5,8-9,12H,3,6-7,10-11H2,1-2H3,(H,18,22). The minimum atomic E-state index is -3.68. The molecule has 0 bridgehead atoms. The Hall–Kier alpha value is -2.19. The number of aromatic nitrogens is 2. The maximum Gasteiger partial charge on any atom is 0.258 e. The highest BCUT2D eigenvalue weighted by Crippen LogP contribution is 2.24. The third-order valence-electron chi connectivity index (χ3n) is 4.31. The summed E-state index contributed by atoms with van der Waals surface area (Å²) in [6.45, 7) is 2.82. The summed E-state index contributed by atoms with van der Waals surface area (Å²) in [4.78, 5) is 12.7. The van der Waals surface area contributed by atoms with Crippen LogP contribution in [-0.2, 0) is 17.1 Å². The van der Waals surface area contributed by atoms with Gasteiger partial charge in [-0.1, -0.05) is 18.6 Å². The molecule has 1 amide bonds. The molecule has 1 aromatic heterocycles. The first-order valence-electron chi connectivity index (χ1n) is 8.31. The van der Waals surface area contributed by atoms with E-state index in [1.54, 1.807) is 29.9 Å². The molecule has 1 aliphatic rings. The fourth-order valence-corrected chi connectivity index (χ4v) is 4.74. The first-order valence-corrected chi connectivity index (χ1v) is 9.75. The van der Waals surface area contributed by atoms with Gasteiger partial charge in [0.25, 0.3) is 5.91 Å². The number of carbonyl (C=O) groups excluding carboxylic acids is 1. The van der Waals surface area contributed by atoms with Gasteiger partial charge in [-0.3, -0.25) is 9.48 Å². The van der Waals surface area contributed by atoms with Gasteiger partial charge in [0.2, 0.25) is 10.0 Å². The van der Waals surface area contributed by atoms with E-state index in [0.717, 1.165) is 25.0 Å². The van der Waals surface area contributed by atoms with Gasteiger partial charge in [-0.15, -0.1) is 0 Å². The second kappa shape index (κ2) is 6.97. The zero-order valence-corrected chi connectivity index (χ0v) is 15.2. The monoisotopic (exact) mass is 362 g/mol. The number of nitrogens with zero attached hydrogens (tertiary/aromatic N) is 3. The Labute approximate surface area is 147 Å². The molecule has 25 heavy (non-hydrogen) atoms. The molecule has 1 N–H and O–H groups in total. The normalized spacial score (nSPS) is 15.9. The van der Waals surface area contributed by atoms with Gasteiger partial charge in [-0.05, 0) is 31.9 Å². The highest BCUT2D eigenvalue weighted by Gasteiger charge is 2.29. The van der Waals surface area contributed by atoms with Crippen LogP contribution in [0.2, 0.25) is 0 Å². The molecular formula is C17H22N4O3S. The summed E-state index contributed by atoms with van der Waals surface area (Å²) in [5, 5.41) is 6.92. The van der Waals surface area contributed by atoms with E-state index in [-0.39, 0.29) is 10.5 Å². The summed E-state index contributed by atoms with van der Waals surface area (Å²) in [6, 6.07) is 8.07. The van der Waals surface area contributed by atoms with Crippen molar-refractivity contribution in [3.8, 4) is 0 Å². The minimum absolute atomic E-state index is 0.0493. The number of rotatable bonds is 4. The molecule has 7 nitrogen and oxygen atoms in total. The maximum absolute atomic E-state index is 13.0. The van der Waals surface area contributed by atoms with Crippen molar-refractivity contribution < 1.29 is 13.2 Å². The molecule has 0 atom stereocenters. The molecule has 0 radical (unpaired) electrons. The Bertz CT molecular complexity index is 883. The van der Waals surface area contributed by atoms with E-state index in [9.17, 15) is 13.2 Å². The van der Waals surface area contributed by atoms with Crippen molar-refractivity contribution >= 4 is 21.7 Å². The second-order valence-electron chi connectivity index (χ2n) is 6.21. The van der Waals surface area contributed by atoms with Crippen LogP contribution in [0.15, 0.2) is 35.2 Å². The summed E-state index contributed by atoms with van der Waals surface area (Å²) in [5.74, 6) is 0.0619. The molecule has 1 fully saturated rings. The Morgan fingerprint density at radius 3 is 2.48 bits per heavy atom. The lowest BCUT2D eigenvalue weighted by Crippen LogP contribution is -2.36. The fraction of sp³-hybridized carbons (Fsp3) is 0.412. The van der Waals surface area contributed by atoms with Gasteiger partial charge in [0.1, 0.15) is 5.82 Å². The van der Waals surface area contributed by atoms with E-state index >= 15 is 0 Å². The molecule has 2 aromatic rings. The van der Waals surface area contributed by atoms with Crippen molar-refractivity contribution in [3.05, 3.63) is 41.6 Å². The molecule has 3 rings (SSSR count). The lowest BCUT2D eigenvalue weighted by Gasteiger charge is -2.26. The Morgan fingerprint density at radius 1 is 1.16 bits per heavy atom. The zero-order valence-electron chi connectivity index (χ0n) is 14.4. The molecule has 0 spiro atoms. The van der Waals surface area contributed by atoms with Gasteiger partial charge in [-0.25, -0.2) is 8.42 Å². The molecule has 0 unspecified atom stereocenters. The van der Waals surface area contributed by atoms with Crippen LogP contribution in [0.5, 0.6) is 0 Å². The lowest BCUT2D eigenvalue weighted by molar-refractivity contribution is 0.102. The molecule has 8 heteroatoms. The number of aryl methyl sites for hydroxylation is 2. The van der Waals surface area contributed by atoms with Crippen LogP contribution in [0.3, 0.4) is 0 Å². The molecular weight excluding hydrogens is 340 g/mol. The number of carbonyl (C=O) groups is 1. The number of nitrogens with one attached hydrogen (secondary N) is 1. The number of sulfonamides is 1. The molecule has 0 saturated carbocycles. The van der Waals surface area contributed by atoms with Gasteiger partial charge < -0.3 is 5.32 Å². The lowest BCUT2D eigenvalue weighted by atomic mass is 10.2. The number of hydrogen-bond acceptors (Lipinski definition) is 4. The van der Waals surface area contributed by atoms with Gasteiger partial charge in [0, 0.05) is 26.2 Å². The van der Waals surface area contributed by atoms with Crippen LogP contribution >= 0.6 is 0 Å². The van der Waals surface area contributed by atoms with Gasteiger partial charge in [0.05, 0.1) is 16.2 Å². The SMILES string of the molecule is Cc1cc(NC(=O)c2ccccc2S(=O)(=O)N2CCCCC2)n(C)n1. The molecule has 1 aromatic carbocycles. The largest absolute Gasteiger partial charge is 0.307 e. The van der Waals surface area contributed by atoms with E-state index in [0.29, 0.717) is 18.9 Å². The summed E-state index contributed by atoms with van der Waals surface area (Å²) in [6.07, 6.45) is 2.73. The summed E-state index contributed by atoms with van der Waals surface area (Å²) >= 11 is 0. The topological polar surface area (TPSA) is 84.3 Å². The quantitative estimate of drug-likeness (QED) is 0.903. The van der Waals surface area contributed by atoms with Crippen molar-refractivity contribution in [1.82, 2.24) is 14.1 Å². The van der Waals surface area contributed by atoms with Crippen LogP contribution in [-0.4, -0.2) is 41.5 Å². The molecule has 1 saturated heterocycles. The van der Waals surface area contributed by atoms with E-state index in [2.05, 4.69) is 10.4 Å². The highest BCUT2D eigenvalue weighted by atomic mass is 32.2. The molecule has 2 heterocycles. The second-order valence-corrected chi connectivity index (χ2v) is 8.12. The average molecular weight is 362 g/mol. The maximum atomic E-state index is 13.0. The summed E-state index contributed by atoms with van der Waals surface area (Å²) in [7, 11) is -1.96. The third kappa shape index (κ3) is 3.59. The molecule has 1 aliphatic heterocycles. The number of piperidine rings is 1. The van der Waals surface area contributed by atoms with Gasteiger partial charge >= 0.3 is 0 Å². The predicted molar refractivity (Wildman–Crippen MR) is 95.0 cm³/mol. The molecule has 0 aliphatic carbocycles. The Kier molecular flexibility index (Phi) is 4.91. The fourth-order valence-electron chi connectivity index (χ4n) is 3.03. The Balaban J connectivity index is 1.92. The van der Waals surface area contributed by atoms with Gasteiger partial charge in [0.15, 0.2) is 0 Å². The van der Waals surface area contributed by atoms with Gasteiger partial charge in [-0.2, -0.15) is 9.40 Å². The highest BCUT2D eigenvalue weighted by molar-refractivity contribution is 7.89. The zero-order chi connectivity index (χ0) is 18.0. The first-order chi connectivity index (χ1) is 11.9. The Morgan fingerprint density at radius 2 is 1.84 bits per heavy atom. The van der Waals surface area contributed by atoms with E-state index in [1.807, 2.05) is 6.92 Å². The van der Waals surface area contributed by atoms with Crippen molar-refractivity contribution in [1.29, 1.82) is 0 Å². The predicted octanol–water partition coefficient (Wildman–Crippen LogP) is 2.16. The van der Waals surface area contributed by atoms with Crippen LogP contribution in [0.1, 0.15) is 35.3 Å². The van der Waals surface area contributed by atoms with Crippen LogP contribution < -0.4 is 5.32 Å². The summed E-state index contributed by atoms with van der Waals surface area (Å²) < 4.78 is 28.9. The van der Waals surface area contributed by atoms with Crippen molar-refractivity contribution in [2.45, 2.75) is 31.1 Å². The number of benzene rings is 1. The smallest absolute Gasteiger partial charge is 0.258 e. The van der Waals surface area contributed by atoms with Crippen LogP contribution in [0.25, 0.3) is 0 Å². The van der Waals surface area contributed by atoms with Crippen molar-refractivity contribution in [2.75, 3.05) is 18.4 Å². The summed E-state index contributed by atoms with van der Waals surface area (Å²) in [5.41, 5.74) is 0.916. The minimum Gasteiger partial charge on any atom is -0.307 e. The molecule has 134 valence electrons. The van der Waals surface area contributed by atoms with Crippen LogP contribution in [0, 0.1) is 6.92 Å². The average Bonchev–Trinajstić information content (AvgIpc) is 2.92. The first kappa shape index (κ1) is 17.6. The van der Waals surface area contributed by atoms with E-state index < -0.39 is 15.9 Å². The third-order valence-corrected chi connectivity index (χ3v) is 6.26. The van der Waals surface area contributed by atoms with Crippen LogP contribution in [0.4, 0.5) is 5.82 Å². The number of anilines is 1. The van der Waals surface area contributed by atoms with E-state index in [4.69, 9.17) is 0 Å². The van der Waals surface area contributed by atoms with Crippen molar-refractivity contribution in [2.24, 2.45) is 7.05 Å². The number of hydrogen-bond donors (Lipinski definition) is 1. The van der Waals surface area contributed by atoms with Crippen molar-refractivity contribution in [3.63, 3.8) is 0 Å².